The van der Waals surface area contributed by atoms with Crippen LogP contribution >= 0.6 is 0 Å². The molecule has 0 spiro atoms. The van der Waals surface area contributed by atoms with Gasteiger partial charge in [0.15, 0.2) is 5.84 Å². The van der Waals surface area contributed by atoms with Gasteiger partial charge in [-0.15, -0.1) is 13.2 Å². The first-order valence-electron chi connectivity index (χ1n) is 7.50. The van der Waals surface area contributed by atoms with Crippen molar-refractivity contribution in [2.45, 2.75) is 12.5 Å². The van der Waals surface area contributed by atoms with E-state index in [0.29, 0.717) is 16.3 Å². The van der Waals surface area contributed by atoms with Gasteiger partial charge in [0, 0.05) is 0 Å². The van der Waals surface area contributed by atoms with Gasteiger partial charge in [0.25, 0.3) is 5.91 Å². The second-order valence-corrected chi connectivity index (χ2v) is 5.59. The molecule has 0 atom stereocenters. The average molecular weight is 391 g/mol. The van der Waals surface area contributed by atoms with Crippen molar-refractivity contribution in [2.75, 3.05) is 13.1 Å². The Morgan fingerprint density at radius 1 is 1.07 bits per heavy atom. The first-order chi connectivity index (χ1) is 12.5. The van der Waals surface area contributed by atoms with E-state index in [2.05, 4.69) is 9.84 Å². The molecule has 0 N–H and O–H groups in total. The van der Waals surface area contributed by atoms with Crippen LogP contribution in [0.25, 0.3) is 5.70 Å². The fraction of sp³-hybridized carbons (Fsp3) is 0.250. The van der Waals surface area contributed by atoms with E-state index in [1.165, 1.54) is 29.2 Å². The largest absolute Gasteiger partial charge is 0.573 e. The van der Waals surface area contributed by atoms with Crippen LogP contribution < -0.4 is 4.74 Å². The van der Waals surface area contributed by atoms with E-state index in [9.17, 15) is 31.1 Å². The molecule has 1 aromatic rings. The highest BCUT2D eigenvalue weighted by Gasteiger charge is 2.37. The van der Waals surface area contributed by atoms with Gasteiger partial charge in [0.2, 0.25) is 0 Å². The molecule has 0 bridgehead atoms. The molecule has 0 saturated heterocycles. The van der Waals surface area contributed by atoms with Gasteiger partial charge in [0.1, 0.15) is 18.8 Å². The van der Waals surface area contributed by atoms with Crippen molar-refractivity contribution < 1.29 is 35.9 Å². The molecule has 0 unspecified atom stereocenters. The van der Waals surface area contributed by atoms with E-state index in [0.717, 1.165) is 12.1 Å². The number of alkyl halides is 6. The number of carbonyl (C=O) groups excluding carboxylic acids is 1. The number of nitrogens with zero attached hydrogens (tertiary/aromatic N) is 3. The Kier molecular flexibility index (Phi) is 4.62. The quantitative estimate of drug-likeness (QED) is 0.741. The van der Waals surface area contributed by atoms with Crippen LogP contribution in [0, 0.1) is 0 Å². The second kappa shape index (κ2) is 6.63. The fourth-order valence-corrected chi connectivity index (χ4v) is 2.55. The summed E-state index contributed by atoms with van der Waals surface area (Å²) in [6.07, 6.45) is -4.89. The Morgan fingerprint density at radius 3 is 2.33 bits per heavy atom. The summed E-state index contributed by atoms with van der Waals surface area (Å²) in [5.74, 6) is -1.15. The summed E-state index contributed by atoms with van der Waals surface area (Å²) < 4.78 is 78.1. The van der Waals surface area contributed by atoms with Crippen LogP contribution in [0.2, 0.25) is 0 Å². The number of hydrogen-bond acceptors (Lipinski definition) is 4. The number of allylic oxidation sites excluding steroid dienone is 2. The number of benzene rings is 1. The van der Waals surface area contributed by atoms with Crippen molar-refractivity contribution in [1.82, 2.24) is 9.91 Å². The molecule has 1 aromatic carbocycles. The molecule has 0 saturated carbocycles. The minimum absolute atomic E-state index is 0.118. The third kappa shape index (κ3) is 4.60. The first-order valence-corrected chi connectivity index (χ1v) is 7.50. The van der Waals surface area contributed by atoms with Crippen molar-refractivity contribution >= 4 is 17.4 Å². The summed E-state index contributed by atoms with van der Waals surface area (Å²) in [6, 6.07) is 4.88. The highest BCUT2D eigenvalue weighted by atomic mass is 19.4. The van der Waals surface area contributed by atoms with E-state index in [4.69, 9.17) is 0 Å². The maximum absolute atomic E-state index is 12.5. The van der Waals surface area contributed by atoms with Crippen LogP contribution in [0.3, 0.4) is 0 Å². The summed E-state index contributed by atoms with van der Waals surface area (Å²) in [5, 5.41) is 4.06. The first kappa shape index (κ1) is 18.8. The lowest BCUT2D eigenvalue weighted by Crippen LogP contribution is -2.48. The van der Waals surface area contributed by atoms with Gasteiger partial charge in [-0.3, -0.25) is 4.79 Å². The monoisotopic (exact) mass is 391 g/mol. The molecular formula is C16H11F6N3O2. The van der Waals surface area contributed by atoms with Gasteiger partial charge in [0.05, 0.1) is 5.70 Å². The fourth-order valence-electron chi connectivity index (χ4n) is 2.55. The average Bonchev–Trinajstić information content (AvgIpc) is 2.53. The molecule has 2 aliphatic heterocycles. The van der Waals surface area contributed by atoms with Crippen LogP contribution in [0.15, 0.2) is 47.6 Å². The summed E-state index contributed by atoms with van der Waals surface area (Å²) in [4.78, 5) is 13.4. The topological polar surface area (TPSA) is 45.1 Å². The minimum atomic E-state index is -4.82. The number of hydrazone groups is 1. The van der Waals surface area contributed by atoms with Gasteiger partial charge in [-0.1, -0.05) is 6.08 Å². The molecule has 2 heterocycles. The van der Waals surface area contributed by atoms with Crippen LogP contribution in [-0.2, 0) is 4.79 Å². The van der Waals surface area contributed by atoms with E-state index < -0.39 is 30.7 Å². The molecule has 3 rings (SSSR count). The van der Waals surface area contributed by atoms with E-state index in [1.807, 2.05) is 0 Å². The molecule has 0 aromatic heterocycles. The smallest absolute Gasteiger partial charge is 0.406 e. The van der Waals surface area contributed by atoms with E-state index >= 15 is 0 Å². The molecule has 11 heteroatoms. The van der Waals surface area contributed by atoms with Crippen molar-refractivity contribution in [1.29, 1.82) is 0 Å². The van der Waals surface area contributed by atoms with Crippen molar-refractivity contribution in [3.8, 4) is 5.75 Å². The molecule has 2 aliphatic rings. The molecule has 5 nitrogen and oxygen atoms in total. The standard InChI is InChI=1S/C16H11F6N3O2/c17-15(18,19)9-25-14(26)8-24-12(2-1-3-13(24)23-25)10-4-6-11(7-5-10)27-16(20,21)22/h1-7H,8-9H2. The summed E-state index contributed by atoms with van der Waals surface area (Å²) >= 11 is 0. The predicted molar refractivity (Wildman–Crippen MR) is 82.2 cm³/mol. The Balaban J connectivity index is 1.83. The normalized spacial score (nSPS) is 17.5. The molecule has 0 aliphatic carbocycles. The number of ether oxygens (including phenoxy) is 1. The Labute approximate surface area is 148 Å². The molecule has 0 fully saturated rings. The number of fused-ring (bicyclic) bond motifs is 1. The number of carbonyl (C=O) groups is 1. The molecule has 144 valence electrons. The lowest BCUT2D eigenvalue weighted by Gasteiger charge is -2.35. The number of amidine groups is 1. The van der Waals surface area contributed by atoms with Crippen molar-refractivity contribution in [3.05, 3.63) is 48.1 Å². The van der Waals surface area contributed by atoms with Crippen LogP contribution in [0.4, 0.5) is 26.3 Å². The highest BCUT2D eigenvalue weighted by molar-refractivity contribution is 6.05. The maximum atomic E-state index is 12.5. The zero-order valence-corrected chi connectivity index (χ0v) is 13.4. The van der Waals surface area contributed by atoms with Crippen LogP contribution in [-0.4, -0.2) is 47.3 Å². The molecule has 27 heavy (non-hydrogen) atoms. The lowest BCUT2D eigenvalue weighted by molar-refractivity contribution is -0.274. The van der Waals surface area contributed by atoms with Gasteiger partial charge < -0.3 is 9.64 Å². The highest BCUT2D eigenvalue weighted by Crippen LogP contribution is 2.29. The molecular weight excluding hydrogens is 380 g/mol. The third-order valence-corrected chi connectivity index (χ3v) is 3.58. The van der Waals surface area contributed by atoms with E-state index in [1.54, 1.807) is 6.08 Å². The zero-order valence-electron chi connectivity index (χ0n) is 13.4. The number of rotatable bonds is 3. The summed E-state index contributed by atoms with van der Waals surface area (Å²) in [7, 11) is 0. The van der Waals surface area contributed by atoms with Crippen LogP contribution in [0.1, 0.15) is 5.56 Å². The Morgan fingerprint density at radius 2 is 1.74 bits per heavy atom. The lowest BCUT2D eigenvalue weighted by atomic mass is 10.1. The summed E-state index contributed by atoms with van der Waals surface area (Å²) in [6.45, 7) is -1.88. The predicted octanol–water partition coefficient (Wildman–Crippen LogP) is 3.52. The minimum Gasteiger partial charge on any atom is -0.406 e. The van der Waals surface area contributed by atoms with Crippen molar-refractivity contribution in [2.24, 2.45) is 5.10 Å². The van der Waals surface area contributed by atoms with Gasteiger partial charge in [-0.2, -0.15) is 18.3 Å². The SMILES string of the molecule is O=C1CN2C(c3ccc(OC(F)(F)F)cc3)=CC=CC2=NN1CC(F)(F)F. The van der Waals surface area contributed by atoms with Gasteiger partial charge in [-0.05, 0) is 42.0 Å². The van der Waals surface area contributed by atoms with Crippen LogP contribution in [0.5, 0.6) is 5.75 Å². The maximum Gasteiger partial charge on any atom is 0.573 e. The Hall–Kier alpha value is -2.98. The number of halogens is 6. The summed E-state index contributed by atoms with van der Waals surface area (Å²) in [5.41, 5.74) is 0.855. The zero-order chi connectivity index (χ0) is 19.8. The second-order valence-electron chi connectivity index (χ2n) is 5.59. The molecule has 0 radical (unpaired) electrons. The van der Waals surface area contributed by atoms with Crippen molar-refractivity contribution in [3.63, 3.8) is 0 Å². The van der Waals surface area contributed by atoms with Gasteiger partial charge >= 0.3 is 12.5 Å². The van der Waals surface area contributed by atoms with Gasteiger partial charge in [-0.25, -0.2) is 5.01 Å². The number of amides is 1. The third-order valence-electron chi connectivity index (χ3n) is 3.58. The van der Waals surface area contributed by atoms with E-state index in [-0.39, 0.29) is 12.4 Å². The Bertz CT molecular complexity index is 824. The molecule has 1 amide bonds. The number of hydrogen-bond donors (Lipinski definition) is 0.